The molecule has 22 heavy (non-hydrogen) atoms. The highest BCUT2D eigenvalue weighted by atomic mass is 16.6. The first-order valence-electron chi connectivity index (χ1n) is 6.68. The molecule has 1 aliphatic heterocycles. The fraction of sp³-hybridized carbons (Fsp3) is 0.214. The molecule has 112 valence electrons. The van der Waals surface area contributed by atoms with Gasteiger partial charge in [0.05, 0.1) is 11.1 Å². The summed E-state index contributed by atoms with van der Waals surface area (Å²) in [5.74, 6) is -0.715. The molecule has 0 N–H and O–H groups in total. The number of hydrogen-bond acceptors (Lipinski definition) is 5. The summed E-state index contributed by atoms with van der Waals surface area (Å²) in [6.07, 6.45) is 1.51. The third kappa shape index (κ3) is 2.05. The molecule has 1 amide bonds. The van der Waals surface area contributed by atoms with Crippen molar-refractivity contribution in [3.8, 4) is 0 Å². The van der Waals surface area contributed by atoms with E-state index in [1.54, 1.807) is 4.90 Å². The van der Waals surface area contributed by atoms with Crippen molar-refractivity contribution in [2.75, 3.05) is 6.54 Å². The number of nitro benzene ring substituents is 1. The van der Waals surface area contributed by atoms with Crippen LogP contribution in [0.25, 0.3) is 0 Å². The van der Waals surface area contributed by atoms with Gasteiger partial charge in [-0.2, -0.15) is 9.78 Å². The van der Waals surface area contributed by atoms with Crippen LogP contribution in [0.15, 0.2) is 30.5 Å². The largest absolute Gasteiger partial charge is 0.333 e. The number of aromatic nitrogens is 2. The summed E-state index contributed by atoms with van der Waals surface area (Å²) < 4.78 is 1.06. The maximum Gasteiger partial charge on any atom is 0.278 e. The van der Waals surface area contributed by atoms with Gasteiger partial charge >= 0.3 is 0 Å². The van der Waals surface area contributed by atoms with E-state index in [4.69, 9.17) is 0 Å². The molecule has 2 aromatic rings. The third-order valence-corrected chi connectivity index (χ3v) is 3.60. The van der Waals surface area contributed by atoms with E-state index in [-0.39, 0.29) is 22.9 Å². The van der Waals surface area contributed by atoms with Crippen molar-refractivity contribution in [2.24, 2.45) is 0 Å². The van der Waals surface area contributed by atoms with Crippen LogP contribution in [0, 0.1) is 10.1 Å². The minimum atomic E-state index is -0.539. The van der Waals surface area contributed by atoms with Gasteiger partial charge in [0.15, 0.2) is 0 Å². The van der Waals surface area contributed by atoms with Crippen molar-refractivity contribution in [2.45, 2.75) is 13.5 Å². The number of non-ortho nitro benzene ring substituents is 1. The molecule has 3 rings (SSSR count). The normalized spacial score (nSPS) is 13.3. The molecule has 0 spiro atoms. The zero-order chi connectivity index (χ0) is 15.9. The Balaban J connectivity index is 1.95. The molecule has 0 saturated carbocycles. The van der Waals surface area contributed by atoms with Gasteiger partial charge in [0, 0.05) is 36.3 Å². The van der Waals surface area contributed by atoms with E-state index in [1.807, 2.05) is 6.92 Å². The van der Waals surface area contributed by atoms with Crippen LogP contribution in [0.1, 0.15) is 33.3 Å². The van der Waals surface area contributed by atoms with Gasteiger partial charge in [-0.25, -0.2) is 0 Å². The second kappa shape index (κ2) is 5.06. The Labute approximate surface area is 125 Å². The average Bonchev–Trinajstić information content (AvgIpc) is 3.07. The molecule has 8 heteroatoms. The highest BCUT2D eigenvalue weighted by Gasteiger charge is 2.33. The average molecular weight is 300 g/mol. The van der Waals surface area contributed by atoms with Gasteiger partial charge in [0.1, 0.15) is 5.69 Å². The molecular formula is C14H12N4O4. The number of benzene rings is 1. The van der Waals surface area contributed by atoms with Gasteiger partial charge < -0.3 is 4.90 Å². The smallest absolute Gasteiger partial charge is 0.278 e. The predicted octanol–water partition coefficient (Wildman–Crippen LogP) is 1.46. The van der Waals surface area contributed by atoms with E-state index in [2.05, 4.69) is 5.10 Å². The lowest BCUT2D eigenvalue weighted by molar-refractivity contribution is -0.384. The molecule has 1 aliphatic rings. The maximum absolute atomic E-state index is 12.4. The van der Waals surface area contributed by atoms with Crippen molar-refractivity contribution >= 4 is 17.5 Å². The number of amides is 1. The van der Waals surface area contributed by atoms with Gasteiger partial charge in [0.25, 0.3) is 17.5 Å². The number of nitrogens with zero attached hydrogens (tertiary/aromatic N) is 4. The molecule has 1 aromatic carbocycles. The Bertz CT molecular complexity index is 779. The Morgan fingerprint density at radius 1 is 1.36 bits per heavy atom. The molecule has 0 fully saturated rings. The SMILES string of the molecule is CCN1Cc2cnn(C(=O)c3ccc([N+](=O)[O-])cc3)c2C1=O. The van der Waals surface area contributed by atoms with Crippen molar-refractivity contribution < 1.29 is 14.5 Å². The molecule has 0 unspecified atom stereocenters. The summed E-state index contributed by atoms with van der Waals surface area (Å²) in [5.41, 5.74) is 1.11. The fourth-order valence-electron chi connectivity index (χ4n) is 2.41. The van der Waals surface area contributed by atoms with Gasteiger partial charge in [0.2, 0.25) is 0 Å². The van der Waals surface area contributed by atoms with Gasteiger partial charge in [-0.3, -0.25) is 19.7 Å². The molecule has 0 radical (unpaired) electrons. The zero-order valence-electron chi connectivity index (χ0n) is 11.7. The minimum absolute atomic E-state index is 0.101. The quantitative estimate of drug-likeness (QED) is 0.631. The number of fused-ring (bicyclic) bond motifs is 1. The summed E-state index contributed by atoms with van der Waals surface area (Å²) in [4.78, 5) is 36.4. The summed E-state index contributed by atoms with van der Waals surface area (Å²) in [7, 11) is 0. The van der Waals surface area contributed by atoms with Crippen LogP contribution < -0.4 is 0 Å². The van der Waals surface area contributed by atoms with E-state index < -0.39 is 10.8 Å². The molecule has 0 atom stereocenters. The molecule has 0 aliphatic carbocycles. The van der Waals surface area contributed by atoms with E-state index in [9.17, 15) is 19.7 Å². The highest BCUT2D eigenvalue weighted by molar-refractivity contribution is 6.04. The number of carbonyl (C=O) groups excluding carboxylic acids is 2. The summed E-state index contributed by atoms with van der Waals surface area (Å²) in [5, 5.41) is 14.6. The first-order chi connectivity index (χ1) is 10.5. The molecule has 0 saturated heterocycles. The van der Waals surface area contributed by atoms with Crippen molar-refractivity contribution in [3.63, 3.8) is 0 Å². The van der Waals surface area contributed by atoms with E-state index in [0.29, 0.717) is 18.7 Å². The molecule has 8 nitrogen and oxygen atoms in total. The molecule has 0 bridgehead atoms. The number of nitro groups is 1. The van der Waals surface area contributed by atoms with E-state index in [1.165, 1.54) is 30.5 Å². The van der Waals surface area contributed by atoms with Crippen molar-refractivity contribution in [3.05, 3.63) is 57.4 Å². The number of hydrogen-bond donors (Lipinski definition) is 0. The second-order valence-corrected chi connectivity index (χ2v) is 4.86. The minimum Gasteiger partial charge on any atom is -0.333 e. The molecular weight excluding hydrogens is 288 g/mol. The first kappa shape index (κ1) is 13.9. The Morgan fingerprint density at radius 3 is 2.64 bits per heavy atom. The third-order valence-electron chi connectivity index (χ3n) is 3.60. The highest BCUT2D eigenvalue weighted by Crippen LogP contribution is 2.23. The summed E-state index contributed by atoms with van der Waals surface area (Å²) in [6.45, 7) is 2.86. The lowest BCUT2D eigenvalue weighted by Gasteiger charge is -2.12. The van der Waals surface area contributed by atoms with Crippen LogP contribution in [-0.2, 0) is 6.54 Å². The standard InChI is InChI=1S/C14H12N4O4/c1-2-16-8-10-7-15-17(12(10)14(16)20)13(19)9-3-5-11(6-4-9)18(21)22/h3-7H,2,8H2,1H3. The van der Waals surface area contributed by atoms with E-state index >= 15 is 0 Å². The van der Waals surface area contributed by atoms with Crippen LogP contribution in [-0.4, -0.2) is 38.0 Å². The zero-order valence-corrected chi connectivity index (χ0v) is 11.7. The Hall–Kier alpha value is -3.03. The van der Waals surface area contributed by atoms with Crippen molar-refractivity contribution in [1.82, 2.24) is 14.7 Å². The Morgan fingerprint density at radius 2 is 2.05 bits per heavy atom. The van der Waals surface area contributed by atoms with E-state index in [0.717, 1.165) is 4.68 Å². The summed E-state index contributed by atoms with van der Waals surface area (Å²) in [6, 6.07) is 5.20. The van der Waals surface area contributed by atoms with Crippen LogP contribution in [0.4, 0.5) is 5.69 Å². The topological polar surface area (TPSA) is 98.3 Å². The second-order valence-electron chi connectivity index (χ2n) is 4.86. The molecule has 2 heterocycles. The first-order valence-corrected chi connectivity index (χ1v) is 6.68. The predicted molar refractivity (Wildman–Crippen MR) is 75.5 cm³/mol. The lowest BCUT2D eigenvalue weighted by atomic mass is 10.2. The number of carbonyl (C=O) groups is 2. The van der Waals surface area contributed by atoms with Gasteiger partial charge in [-0.05, 0) is 19.1 Å². The summed E-state index contributed by atoms with van der Waals surface area (Å²) >= 11 is 0. The lowest BCUT2D eigenvalue weighted by Crippen LogP contribution is -2.27. The number of rotatable bonds is 3. The van der Waals surface area contributed by atoms with Gasteiger partial charge in [-0.1, -0.05) is 0 Å². The van der Waals surface area contributed by atoms with Gasteiger partial charge in [-0.15, -0.1) is 0 Å². The molecule has 1 aromatic heterocycles. The Kier molecular flexibility index (Phi) is 3.21. The van der Waals surface area contributed by atoms with Crippen LogP contribution >= 0.6 is 0 Å². The van der Waals surface area contributed by atoms with Crippen LogP contribution in [0.3, 0.4) is 0 Å². The van der Waals surface area contributed by atoms with Crippen molar-refractivity contribution in [1.29, 1.82) is 0 Å². The fourth-order valence-corrected chi connectivity index (χ4v) is 2.41. The monoisotopic (exact) mass is 300 g/mol. The maximum atomic E-state index is 12.4. The van der Waals surface area contributed by atoms with Crippen LogP contribution in [0.5, 0.6) is 0 Å². The van der Waals surface area contributed by atoms with Crippen LogP contribution in [0.2, 0.25) is 0 Å².